The molecule has 0 radical (unpaired) electrons. The van der Waals surface area contributed by atoms with Crippen molar-refractivity contribution in [2.75, 3.05) is 5.32 Å². The molecule has 0 spiro atoms. The lowest BCUT2D eigenvalue weighted by Crippen LogP contribution is -2.07. The number of hydrogen-bond acceptors (Lipinski definition) is 3. The molecule has 2 aromatic carbocycles. The van der Waals surface area contributed by atoms with Gasteiger partial charge >= 0.3 is 0 Å². The maximum atomic E-state index is 10.6. The molecule has 0 aliphatic rings. The molecule has 2 aromatic rings. The molecule has 0 heterocycles. The third-order valence-electron chi connectivity index (χ3n) is 3.16. The molecule has 0 bridgehead atoms. The molecule has 0 saturated heterocycles. The van der Waals surface area contributed by atoms with Gasteiger partial charge in [0.05, 0.1) is 4.92 Å². The van der Waals surface area contributed by atoms with Crippen LogP contribution in [0.4, 0.5) is 11.4 Å². The quantitative estimate of drug-likeness (QED) is 0.654. The number of anilines is 1. The molecule has 4 nitrogen and oxygen atoms in total. The largest absolute Gasteiger partial charge is 0.378 e. The van der Waals surface area contributed by atoms with Crippen molar-refractivity contribution in [3.63, 3.8) is 0 Å². The standard InChI is InChI=1S/C15H15ClN2O2/c1-10-9-13(16)5-8-15(10)17-11(2)12-3-6-14(7-4-12)18(19)20/h3-9,11,17H,1-2H3. The summed E-state index contributed by atoms with van der Waals surface area (Å²) in [5, 5.41) is 14.7. The summed E-state index contributed by atoms with van der Waals surface area (Å²) in [6, 6.07) is 12.3. The number of nitrogens with one attached hydrogen (secondary N) is 1. The van der Waals surface area contributed by atoms with E-state index in [0.717, 1.165) is 16.8 Å². The first kappa shape index (κ1) is 14.3. The fourth-order valence-corrected chi connectivity index (χ4v) is 2.22. The average Bonchev–Trinajstić information content (AvgIpc) is 2.42. The van der Waals surface area contributed by atoms with Crippen molar-refractivity contribution >= 4 is 23.0 Å². The molecule has 0 aliphatic heterocycles. The number of non-ortho nitro benzene ring substituents is 1. The Kier molecular flexibility index (Phi) is 4.25. The summed E-state index contributed by atoms with van der Waals surface area (Å²) in [5.74, 6) is 0. The lowest BCUT2D eigenvalue weighted by molar-refractivity contribution is -0.384. The molecule has 1 unspecified atom stereocenters. The van der Waals surface area contributed by atoms with Gasteiger partial charge < -0.3 is 5.32 Å². The second kappa shape index (κ2) is 5.92. The second-order valence-corrected chi connectivity index (χ2v) is 5.11. The first-order valence-corrected chi connectivity index (χ1v) is 6.62. The number of nitrogens with zero attached hydrogens (tertiary/aromatic N) is 1. The first-order valence-electron chi connectivity index (χ1n) is 6.24. The van der Waals surface area contributed by atoms with E-state index in [2.05, 4.69) is 5.32 Å². The number of halogens is 1. The summed E-state index contributed by atoms with van der Waals surface area (Å²) in [7, 11) is 0. The van der Waals surface area contributed by atoms with Gasteiger partial charge in [0, 0.05) is 28.9 Å². The van der Waals surface area contributed by atoms with Crippen LogP contribution in [0.25, 0.3) is 0 Å². The lowest BCUT2D eigenvalue weighted by atomic mass is 10.1. The van der Waals surface area contributed by atoms with Crippen LogP contribution in [0.1, 0.15) is 24.1 Å². The van der Waals surface area contributed by atoms with Crippen molar-refractivity contribution in [2.45, 2.75) is 19.9 Å². The summed E-state index contributed by atoms with van der Waals surface area (Å²) in [4.78, 5) is 10.2. The number of nitro groups is 1. The summed E-state index contributed by atoms with van der Waals surface area (Å²) >= 11 is 5.93. The van der Waals surface area contributed by atoms with Crippen LogP contribution in [0.5, 0.6) is 0 Å². The lowest BCUT2D eigenvalue weighted by Gasteiger charge is -2.17. The molecule has 104 valence electrons. The Morgan fingerprint density at radius 1 is 1.20 bits per heavy atom. The number of benzene rings is 2. The third-order valence-corrected chi connectivity index (χ3v) is 3.40. The maximum absolute atomic E-state index is 10.6. The van der Waals surface area contributed by atoms with Gasteiger partial charge in [-0.15, -0.1) is 0 Å². The van der Waals surface area contributed by atoms with Gasteiger partial charge in [-0.2, -0.15) is 0 Å². The van der Waals surface area contributed by atoms with Gasteiger partial charge in [-0.1, -0.05) is 23.7 Å². The highest BCUT2D eigenvalue weighted by atomic mass is 35.5. The van der Waals surface area contributed by atoms with Crippen molar-refractivity contribution < 1.29 is 4.92 Å². The molecule has 0 amide bonds. The zero-order valence-corrected chi connectivity index (χ0v) is 12.0. The van der Waals surface area contributed by atoms with Crippen molar-refractivity contribution in [1.82, 2.24) is 0 Å². The van der Waals surface area contributed by atoms with Crippen LogP contribution in [0.3, 0.4) is 0 Å². The summed E-state index contributed by atoms with van der Waals surface area (Å²) < 4.78 is 0. The maximum Gasteiger partial charge on any atom is 0.269 e. The predicted octanol–water partition coefficient (Wildman–Crippen LogP) is 4.73. The Labute approximate surface area is 122 Å². The number of nitro benzene ring substituents is 1. The van der Waals surface area contributed by atoms with Gasteiger partial charge in [-0.3, -0.25) is 10.1 Å². The molecule has 0 fully saturated rings. The number of rotatable bonds is 4. The third kappa shape index (κ3) is 3.27. The smallest absolute Gasteiger partial charge is 0.269 e. The van der Waals surface area contributed by atoms with E-state index in [4.69, 9.17) is 11.6 Å². The van der Waals surface area contributed by atoms with Gasteiger partial charge in [0.25, 0.3) is 5.69 Å². The van der Waals surface area contributed by atoms with Gasteiger partial charge in [-0.25, -0.2) is 0 Å². The Hall–Kier alpha value is -2.07. The molecular formula is C15H15ClN2O2. The normalized spacial score (nSPS) is 11.9. The Balaban J connectivity index is 2.15. The van der Waals surface area contributed by atoms with Gasteiger partial charge in [-0.05, 0) is 43.2 Å². The fraction of sp³-hybridized carbons (Fsp3) is 0.200. The minimum atomic E-state index is -0.398. The highest BCUT2D eigenvalue weighted by molar-refractivity contribution is 6.30. The van der Waals surface area contributed by atoms with Crippen LogP contribution >= 0.6 is 11.6 Å². The van der Waals surface area contributed by atoms with Crippen LogP contribution in [0.2, 0.25) is 5.02 Å². The monoisotopic (exact) mass is 290 g/mol. The van der Waals surface area contributed by atoms with E-state index >= 15 is 0 Å². The van der Waals surface area contributed by atoms with E-state index in [-0.39, 0.29) is 11.7 Å². The minimum absolute atomic E-state index is 0.0516. The van der Waals surface area contributed by atoms with E-state index in [1.54, 1.807) is 12.1 Å². The van der Waals surface area contributed by atoms with Crippen molar-refractivity contribution in [2.24, 2.45) is 0 Å². The molecule has 2 rings (SSSR count). The summed E-state index contributed by atoms with van der Waals surface area (Å²) in [6.07, 6.45) is 0. The van der Waals surface area contributed by atoms with E-state index in [9.17, 15) is 10.1 Å². The first-order chi connectivity index (χ1) is 9.47. The molecule has 0 saturated carbocycles. The minimum Gasteiger partial charge on any atom is -0.378 e. The van der Waals surface area contributed by atoms with Gasteiger partial charge in [0.2, 0.25) is 0 Å². The average molecular weight is 291 g/mol. The van der Waals surface area contributed by atoms with Gasteiger partial charge in [0.1, 0.15) is 0 Å². The Morgan fingerprint density at radius 3 is 2.40 bits per heavy atom. The Bertz CT molecular complexity index is 626. The number of hydrogen-bond donors (Lipinski definition) is 1. The van der Waals surface area contributed by atoms with Crippen molar-refractivity contribution in [3.05, 3.63) is 68.7 Å². The summed E-state index contributed by atoms with van der Waals surface area (Å²) in [6.45, 7) is 3.99. The molecule has 1 N–H and O–H groups in total. The van der Waals surface area contributed by atoms with Crippen LogP contribution in [0, 0.1) is 17.0 Å². The summed E-state index contributed by atoms with van der Waals surface area (Å²) in [5.41, 5.74) is 3.15. The van der Waals surface area contributed by atoms with Crippen molar-refractivity contribution in [1.29, 1.82) is 0 Å². The zero-order chi connectivity index (χ0) is 14.7. The molecular weight excluding hydrogens is 276 g/mol. The highest BCUT2D eigenvalue weighted by Crippen LogP contribution is 2.25. The molecule has 0 aromatic heterocycles. The van der Waals surface area contributed by atoms with Crippen LogP contribution in [0.15, 0.2) is 42.5 Å². The fourth-order valence-electron chi connectivity index (χ4n) is 1.99. The van der Waals surface area contributed by atoms with E-state index in [0.29, 0.717) is 5.02 Å². The Morgan fingerprint density at radius 2 is 1.85 bits per heavy atom. The van der Waals surface area contributed by atoms with E-state index in [1.165, 1.54) is 12.1 Å². The molecule has 1 atom stereocenters. The molecule has 0 aliphatic carbocycles. The van der Waals surface area contributed by atoms with Crippen LogP contribution in [-0.4, -0.2) is 4.92 Å². The van der Waals surface area contributed by atoms with E-state index < -0.39 is 4.92 Å². The molecule has 5 heteroatoms. The van der Waals surface area contributed by atoms with E-state index in [1.807, 2.05) is 32.0 Å². The topological polar surface area (TPSA) is 55.2 Å². The zero-order valence-electron chi connectivity index (χ0n) is 11.3. The highest BCUT2D eigenvalue weighted by Gasteiger charge is 2.10. The second-order valence-electron chi connectivity index (χ2n) is 4.67. The van der Waals surface area contributed by atoms with Crippen LogP contribution in [-0.2, 0) is 0 Å². The number of aryl methyl sites for hydroxylation is 1. The van der Waals surface area contributed by atoms with Crippen LogP contribution < -0.4 is 5.32 Å². The van der Waals surface area contributed by atoms with Gasteiger partial charge in [0.15, 0.2) is 0 Å². The SMILES string of the molecule is Cc1cc(Cl)ccc1NC(C)c1ccc([N+](=O)[O-])cc1. The predicted molar refractivity (Wildman–Crippen MR) is 81.3 cm³/mol. The molecule has 20 heavy (non-hydrogen) atoms. The van der Waals surface area contributed by atoms with Crippen molar-refractivity contribution in [3.8, 4) is 0 Å².